The van der Waals surface area contributed by atoms with Crippen molar-refractivity contribution in [3.63, 3.8) is 0 Å². The Morgan fingerprint density at radius 2 is 0.576 bits per heavy atom. The monoisotopic (exact) mass is 1410 g/mol. The third kappa shape index (κ3) is 52.6. The highest BCUT2D eigenvalue weighted by molar-refractivity contribution is 5.76. The van der Waals surface area contributed by atoms with E-state index in [1.807, 2.05) is 0 Å². The molecule has 0 saturated carbocycles. The van der Waals surface area contributed by atoms with Gasteiger partial charge in [-0.1, -0.05) is 425 Å². The first-order chi connectivity index (χ1) is 48.6. The molecule has 2 aliphatic heterocycles. The molecule has 9 N–H and O–H groups in total. The van der Waals surface area contributed by atoms with Gasteiger partial charge in [-0.15, -0.1) is 0 Å². The van der Waals surface area contributed by atoms with Crippen LogP contribution in [0.5, 0.6) is 0 Å². The largest absolute Gasteiger partial charge is 0.394 e. The van der Waals surface area contributed by atoms with E-state index >= 15 is 0 Å². The first-order valence-electron chi connectivity index (χ1n) is 43.8. The molecule has 0 aromatic rings. The number of hydrogen-bond donors (Lipinski definition) is 9. The van der Waals surface area contributed by atoms with Crippen molar-refractivity contribution in [2.75, 3.05) is 19.8 Å². The number of amides is 1. The zero-order valence-corrected chi connectivity index (χ0v) is 65.0. The van der Waals surface area contributed by atoms with E-state index < -0.39 is 86.8 Å². The van der Waals surface area contributed by atoms with Crippen molar-refractivity contribution in [2.45, 2.75) is 518 Å². The first-order valence-corrected chi connectivity index (χ1v) is 43.8. The van der Waals surface area contributed by atoms with Gasteiger partial charge in [0.15, 0.2) is 12.6 Å². The SMILES string of the molecule is CCCCCCCCCCCCCCCCCCCCCCCCCCCCCCCCCCCC(O)C(COC1OC(CO)C(OC2OC(CO)C(O)C(O)C2O)C(O)C1O)NC(=O)CCCCCCCCCCCCCCCCCCCCCCCCCCCCCCCCCC. The maximum atomic E-state index is 13.4. The number of carbonyl (C=O) groups excluding carboxylic acids is 1. The Bertz CT molecular complexity index is 1660. The second-order valence-corrected chi connectivity index (χ2v) is 31.4. The van der Waals surface area contributed by atoms with Crippen molar-refractivity contribution in [1.82, 2.24) is 5.32 Å². The summed E-state index contributed by atoms with van der Waals surface area (Å²) in [6.07, 6.45) is 71.8. The fourth-order valence-corrected chi connectivity index (χ4v) is 15.2. The minimum Gasteiger partial charge on any atom is -0.394 e. The first kappa shape index (κ1) is 94.1. The van der Waals surface area contributed by atoms with E-state index in [1.54, 1.807) is 0 Å². The fourth-order valence-electron chi connectivity index (χ4n) is 15.2. The van der Waals surface area contributed by atoms with Gasteiger partial charge in [0.2, 0.25) is 5.91 Å². The lowest BCUT2D eigenvalue weighted by Crippen LogP contribution is -2.65. The van der Waals surface area contributed by atoms with Crippen LogP contribution in [-0.4, -0.2) is 140 Å². The average molecular weight is 1410 g/mol. The van der Waals surface area contributed by atoms with E-state index in [2.05, 4.69) is 19.2 Å². The van der Waals surface area contributed by atoms with Crippen LogP contribution >= 0.6 is 0 Å². The van der Waals surface area contributed by atoms with Crippen LogP contribution in [0.3, 0.4) is 0 Å². The van der Waals surface area contributed by atoms with Crippen molar-refractivity contribution < 1.29 is 64.6 Å². The second kappa shape index (κ2) is 70.0. The Labute approximate surface area is 610 Å². The summed E-state index contributed by atoms with van der Waals surface area (Å²) in [5.74, 6) is -0.194. The van der Waals surface area contributed by atoms with Crippen LogP contribution in [0.2, 0.25) is 0 Å². The molecule has 0 aromatic heterocycles. The lowest BCUT2D eigenvalue weighted by Gasteiger charge is -2.46. The van der Waals surface area contributed by atoms with E-state index in [1.165, 1.54) is 366 Å². The highest BCUT2D eigenvalue weighted by atomic mass is 16.7. The molecule has 14 heteroatoms. The summed E-state index contributed by atoms with van der Waals surface area (Å²) in [5.41, 5.74) is 0. The van der Waals surface area contributed by atoms with E-state index in [9.17, 15) is 45.6 Å². The predicted octanol–water partition coefficient (Wildman–Crippen LogP) is 20.6. The van der Waals surface area contributed by atoms with Gasteiger partial charge in [0, 0.05) is 6.42 Å². The molecule has 0 aliphatic carbocycles. The molecular weight excluding hydrogens is 1240 g/mol. The molecule has 2 saturated heterocycles. The zero-order valence-electron chi connectivity index (χ0n) is 65.0. The molecule has 99 heavy (non-hydrogen) atoms. The smallest absolute Gasteiger partial charge is 0.220 e. The minimum atomic E-state index is -1.78. The Morgan fingerprint density at radius 1 is 0.323 bits per heavy atom. The van der Waals surface area contributed by atoms with E-state index in [0.717, 1.165) is 51.4 Å². The van der Waals surface area contributed by atoms with Gasteiger partial charge in [-0.05, 0) is 12.8 Å². The highest BCUT2D eigenvalue weighted by Gasteiger charge is 2.51. The fraction of sp³-hybridized carbons (Fsp3) is 0.988. The van der Waals surface area contributed by atoms with Gasteiger partial charge in [0.25, 0.3) is 0 Å². The van der Waals surface area contributed by atoms with Gasteiger partial charge in [0.1, 0.15) is 48.8 Å². The maximum Gasteiger partial charge on any atom is 0.220 e. The average Bonchev–Trinajstić information content (AvgIpc) is 0.794. The highest BCUT2D eigenvalue weighted by Crippen LogP contribution is 2.31. The third-order valence-corrected chi connectivity index (χ3v) is 22.1. The van der Waals surface area contributed by atoms with Crippen LogP contribution in [-0.2, 0) is 23.7 Å². The lowest BCUT2D eigenvalue weighted by atomic mass is 9.97. The van der Waals surface area contributed by atoms with Crippen LogP contribution < -0.4 is 5.32 Å². The summed E-state index contributed by atoms with van der Waals surface area (Å²) in [4.78, 5) is 13.4. The zero-order chi connectivity index (χ0) is 71.5. The molecule has 2 fully saturated rings. The standard InChI is InChI=1S/C85H167NO13/c1-3-5-7-9-11-13-15-17-19-21-23-25-27-29-31-33-35-37-38-40-42-44-46-48-50-52-54-56-58-60-62-64-66-68-74(89)73(72-96-84-82(95)80(93)83(76(71-88)98-84)99-85-81(94)79(92)78(91)75(70-87)97-85)86-77(90)69-67-65-63-61-59-57-55-53-51-49-47-45-43-41-39-36-34-32-30-28-26-24-22-20-18-16-14-12-10-8-6-4-2/h73-76,78-85,87-89,91-95H,3-72H2,1-2H3,(H,86,90). The molecule has 12 unspecified atom stereocenters. The molecule has 1 amide bonds. The van der Waals surface area contributed by atoms with Crippen LogP contribution in [0.4, 0.5) is 0 Å². The summed E-state index contributed by atoms with van der Waals surface area (Å²) in [6, 6.07) is -0.826. The molecule has 2 heterocycles. The van der Waals surface area contributed by atoms with E-state index in [-0.39, 0.29) is 12.5 Å². The quantitative estimate of drug-likeness (QED) is 0.0259. The second-order valence-electron chi connectivity index (χ2n) is 31.4. The van der Waals surface area contributed by atoms with Crippen LogP contribution in [0.1, 0.15) is 444 Å². The summed E-state index contributed by atoms with van der Waals surface area (Å²) < 4.78 is 23.0. The van der Waals surface area contributed by atoms with Crippen LogP contribution in [0.25, 0.3) is 0 Å². The van der Waals surface area contributed by atoms with Gasteiger partial charge >= 0.3 is 0 Å². The van der Waals surface area contributed by atoms with E-state index in [4.69, 9.17) is 18.9 Å². The number of rotatable bonds is 76. The Balaban J connectivity index is 1.56. The summed E-state index contributed by atoms with van der Waals surface area (Å²) in [5, 5.41) is 88.0. The number of nitrogens with one attached hydrogen (secondary N) is 1. The minimum absolute atomic E-state index is 0.194. The predicted molar refractivity (Wildman–Crippen MR) is 411 cm³/mol. The van der Waals surface area contributed by atoms with Crippen LogP contribution in [0, 0.1) is 0 Å². The Morgan fingerprint density at radius 3 is 0.859 bits per heavy atom. The normalized spacial score (nSPS) is 21.8. The lowest BCUT2D eigenvalue weighted by molar-refractivity contribution is -0.359. The molecule has 0 aromatic carbocycles. The number of hydrogen-bond acceptors (Lipinski definition) is 13. The number of aliphatic hydroxyl groups is 8. The number of unbranched alkanes of at least 4 members (excludes halogenated alkanes) is 63. The van der Waals surface area contributed by atoms with Crippen molar-refractivity contribution in [1.29, 1.82) is 0 Å². The molecule has 0 spiro atoms. The molecule has 14 nitrogen and oxygen atoms in total. The number of carbonyl (C=O) groups is 1. The van der Waals surface area contributed by atoms with Crippen LogP contribution in [0.15, 0.2) is 0 Å². The van der Waals surface area contributed by atoms with Gasteiger partial charge in [-0.25, -0.2) is 0 Å². The summed E-state index contributed by atoms with van der Waals surface area (Å²) in [7, 11) is 0. The maximum absolute atomic E-state index is 13.4. The topological polar surface area (TPSA) is 228 Å². The number of ether oxygens (including phenoxy) is 4. The summed E-state index contributed by atoms with van der Waals surface area (Å²) >= 11 is 0. The third-order valence-electron chi connectivity index (χ3n) is 22.1. The molecule has 0 radical (unpaired) electrons. The molecule has 2 rings (SSSR count). The molecule has 0 bridgehead atoms. The van der Waals surface area contributed by atoms with E-state index in [0.29, 0.717) is 12.8 Å². The van der Waals surface area contributed by atoms with Gasteiger partial charge < -0.3 is 65.1 Å². The number of aliphatic hydroxyl groups excluding tert-OH is 8. The van der Waals surface area contributed by atoms with Crippen molar-refractivity contribution in [3.8, 4) is 0 Å². The van der Waals surface area contributed by atoms with Crippen molar-refractivity contribution >= 4 is 5.91 Å². The Kier molecular flexibility index (Phi) is 66.5. The summed E-state index contributed by atoms with van der Waals surface area (Å²) in [6.45, 7) is 2.96. The van der Waals surface area contributed by atoms with Gasteiger partial charge in [0.05, 0.1) is 32.0 Å². The molecule has 2 aliphatic rings. The molecule has 12 atom stereocenters. The van der Waals surface area contributed by atoms with Crippen molar-refractivity contribution in [3.05, 3.63) is 0 Å². The van der Waals surface area contributed by atoms with Gasteiger partial charge in [-0.3, -0.25) is 4.79 Å². The Hall–Kier alpha value is -1.01. The molecule has 590 valence electrons. The molecular formula is C85H167NO13. The van der Waals surface area contributed by atoms with Gasteiger partial charge in [-0.2, -0.15) is 0 Å². The van der Waals surface area contributed by atoms with Crippen molar-refractivity contribution in [2.24, 2.45) is 0 Å².